The maximum atomic E-state index is 6.96. The van der Waals surface area contributed by atoms with Crippen LogP contribution in [0.4, 0.5) is 0 Å². The van der Waals surface area contributed by atoms with Gasteiger partial charge in [-0.05, 0) is 177 Å². The third-order valence-corrected chi connectivity index (χ3v) is 26.4. The third-order valence-electron chi connectivity index (χ3n) is 26.4. The molecule has 0 radical (unpaired) electrons. The number of aromatic amines is 2. The van der Waals surface area contributed by atoms with Gasteiger partial charge in [0.1, 0.15) is 40.2 Å². The summed E-state index contributed by atoms with van der Waals surface area (Å²) < 4.78 is 54.0. The highest BCUT2D eigenvalue weighted by Crippen LogP contribution is 2.44. The molecule has 2 aliphatic rings. The molecular weight excluding hydrogens is 1630 g/mol. The van der Waals surface area contributed by atoms with Crippen LogP contribution in [0.25, 0.3) is 90.9 Å². The molecule has 0 aliphatic carbocycles. The summed E-state index contributed by atoms with van der Waals surface area (Å²) >= 11 is 0. The number of unbranched alkanes of at least 4 members (excludes halogenated alkanes) is 51. The summed E-state index contributed by atoms with van der Waals surface area (Å²) in [5.41, 5.74) is 14.5. The highest BCUT2D eigenvalue weighted by atomic mass is 16.5. The zero-order chi connectivity index (χ0) is 92.4. The summed E-state index contributed by atoms with van der Waals surface area (Å²) in [6.45, 7) is 23.7. The minimum atomic E-state index is 0.620. The van der Waals surface area contributed by atoms with Gasteiger partial charge < -0.3 is 47.9 Å². The van der Waals surface area contributed by atoms with Crippen LogP contribution in [0.15, 0.2) is 116 Å². The number of H-pyrrole nitrogens is 2. The molecule has 7 aromatic rings. The van der Waals surface area contributed by atoms with Gasteiger partial charge in [0.2, 0.25) is 0 Å². The SMILES string of the molecule is C=CCCOCCCCCCCCCCCCOc1ccc(-c2c3nc(c(-c4cc(OCCCCCCCCCC)cc(OCCCCCCCCCC)c4)c4ccc([nH]4)c(-c4cc(OCCCCCCCCCC)cc(OCCCCCCCCCC)c4)c4nc(c(-c5cc(OCCCCCCCCCC)cc(OCCCCCCCCCC)c5)c5ccc2[nH]5)C=C4)C=C3)cc1. The minimum Gasteiger partial charge on any atom is -0.494 e. The fourth-order valence-corrected chi connectivity index (χ4v) is 18.5. The molecular formula is C120H180N4O8. The Morgan fingerprint density at radius 3 is 0.629 bits per heavy atom. The van der Waals surface area contributed by atoms with E-state index < -0.39 is 0 Å². The highest BCUT2D eigenvalue weighted by molar-refractivity contribution is 6.00. The molecule has 3 aromatic heterocycles. The molecule has 0 unspecified atom stereocenters. The van der Waals surface area contributed by atoms with Crippen molar-refractivity contribution in [3.05, 3.63) is 139 Å². The molecule has 4 aromatic carbocycles. The van der Waals surface area contributed by atoms with Crippen LogP contribution in [0.1, 0.15) is 443 Å². The Labute approximate surface area is 802 Å². The molecule has 12 nitrogen and oxygen atoms in total. The maximum Gasteiger partial charge on any atom is 0.123 e. The van der Waals surface area contributed by atoms with Crippen molar-refractivity contribution in [2.45, 2.75) is 420 Å². The van der Waals surface area contributed by atoms with Crippen LogP contribution in [0, 0.1) is 0 Å². The van der Waals surface area contributed by atoms with Gasteiger partial charge in [-0.1, -0.05) is 381 Å². The molecule has 8 bridgehead atoms. The highest BCUT2D eigenvalue weighted by Gasteiger charge is 2.23. The van der Waals surface area contributed by atoms with Crippen LogP contribution in [-0.4, -0.2) is 79.4 Å². The van der Waals surface area contributed by atoms with E-state index in [9.17, 15) is 0 Å². The smallest absolute Gasteiger partial charge is 0.123 e. The van der Waals surface area contributed by atoms with E-state index in [0.29, 0.717) is 46.2 Å². The summed E-state index contributed by atoms with van der Waals surface area (Å²) in [6, 6.07) is 37.5. The van der Waals surface area contributed by atoms with Crippen LogP contribution in [0.3, 0.4) is 0 Å². The van der Waals surface area contributed by atoms with E-state index in [1.807, 2.05) is 6.08 Å². The molecule has 12 heteroatoms. The predicted molar refractivity (Wildman–Crippen MR) is 567 cm³/mol. The van der Waals surface area contributed by atoms with Gasteiger partial charge in [-0.2, -0.15) is 0 Å². The zero-order valence-electron chi connectivity index (χ0n) is 84.2. The number of nitrogens with zero attached hydrogens (tertiary/aromatic N) is 2. The Bertz CT molecular complexity index is 4240. The van der Waals surface area contributed by atoms with E-state index in [1.54, 1.807) is 0 Å². The average Bonchev–Trinajstić information content (AvgIpc) is 1.60. The summed E-state index contributed by atoms with van der Waals surface area (Å²) in [5.74, 6) is 5.62. The molecule has 2 aliphatic heterocycles. The van der Waals surface area contributed by atoms with Gasteiger partial charge >= 0.3 is 0 Å². The molecule has 9 rings (SSSR count). The zero-order valence-corrected chi connectivity index (χ0v) is 84.2. The number of ether oxygens (including phenoxy) is 8. The summed E-state index contributed by atoms with van der Waals surface area (Å²) in [7, 11) is 0. The van der Waals surface area contributed by atoms with E-state index in [2.05, 4.69) is 186 Å². The van der Waals surface area contributed by atoms with E-state index in [1.165, 1.54) is 276 Å². The van der Waals surface area contributed by atoms with Crippen LogP contribution in [0.5, 0.6) is 40.2 Å². The first-order valence-electron chi connectivity index (χ1n) is 54.6. The van der Waals surface area contributed by atoms with Crippen molar-refractivity contribution >= 4 is 46.4 Å². The molecule has 0 spiro atoms. The van der Waals surface area contributed by atoms with E-state index in [0.717, 1.165) is 246 Å². The van der Waals surface area contributed by atoms with Crippen LogP contribution in [0.2, 0.25) is 0 Å². The fraction of sp³-hybridized carbons (Fsp3) is 0.617. The summed E-state index contributed by atoms with van der Waals surface area (Å²) in [5, 5.41) is 0. The Morgan fingerprint density at radius 1 is 0.212 bits per heavy atom. The monoisotopic (exact) mass is 1810 g/mol. The number of nitrogens with one attached hydrogen (secondary N) is 2. The number of fused-ring (bicyclic) bond motifs is 8. The predicted octanol–water partition coefficient (Wildman–Crippen LogP) is 37.3. The Morgan fingerprint density at radius 2 is 0.409 bits per heavy atom. The lowest BCUT2D eigenvalue weighted by atomic mass is 10.0. The van der Waals surface area contributed by atoms with Crippen molar-refractivity contribution in [2.24, 2.45) is 0 Å². The van der Waals surface area contributed by atoms with Crippen molar-refractivity contribution in [3.8, 4) is 84.8 Å². The molecule has 0 fully saturated rings. The van der Waals surface area contributed by atoms with Gasteiger partial charge in [0.05, 0.1) is 69.0 Å². The van der Waals surface area contributed by atoms with Crippen molar-refractivity contribution < 1.29 is 37.9 Å². The van der Waals surface area contributed by atoms with Gasteiger partial charge in [-0.3, -0.25) is 0 Å². The molecule has 728 valence electrons. The maximum absolute atomic E-state index is 6.96. The van der Waals surface area contributed by atoms with Crippen LogP contribution < -0.4 is 33.2 Å². The van der Waals surface area contributed by atoms with Gasteiger partial charge in [0.15, 0.2) is 0 Å². The lowest BCUT2D eigenvalue weighted by Crippen LogP contribution is -2.01. The quantitative estimate of drug-likeness (QED) is 0.0281. The van der Waals surface area contributed by atoms with E-state index >= 15 is 0 Å². The van der Waals surface area contributed by atoms with Crippen molar-refractivity contribution in [3.63, 3.8) is 0 Å². The number of hydrogen-bond acceptors (Lipinski definition) is 10. The fourth-order valence-electron chi connectivity index (χ4n) is 18.5. The van der Waals surface area contributed by atoms with E-state index in [4.69, 9.17) is 47.9 Å². The lowest BCUT2D eigenvalue weighted by Gasteiger charge is -2.14. The normalized spacial score (nSPS) is 11.8. The second-order valence-electron chi connectivity index (χ2n) is 38.1. The number of rotatable bonds is 81. The van der Waals surface area contributed by atoms with Crippen molar-refractivity contribution in [1.29, 1.82) is 0 Å². The van der Waals surface area contributed by atoms with Gasteiger partial charge in [-0.25, -0.2) is 9.97 Å². The molecule has 2 N–H and O–H groups in total. The first kappa shape index (κ1) is 107. The van der Waals surface area contributed by atoms with Crippen LogP contribution in [-0.2, 0) is 4.74 Å². The molecule has 0 atom stereocenters. The van der Waals surface area contributed by atoms with Crippen molar-refractivity contribution in [1.82, 2.24) is 19.9 Å². The second kappa shape index (κ2) is 68.7. The molecule has 0 amide bonds. The average molecular weight is 1810 g/mol. The Balaban J connectivity index is 1.21. The molecule has 132 heavy (non-hydrogen) atoms. The Kier molecular flexibility index (Phi) is 55.9. The van der Waals surface area contributed by atoms with E-state index in [-0.39, 0.29) is 0 Å². The van der Waals surface area contributed by atoms with Crippen molar-refractivity contribution in [2.75, 3.05) is 59.5 Å². The van der Waals surface area contributed by atoms with Gasteiger partial charge in [0, 0.05) is 75.7 Å². The molecule has 5 heterocycles. The summed E-state index contributed by atoms with van der Waals surface area (Å²) in [6.07, 6.45) is 82.8. The van der Waals surface area contributed by atoms with Gasteiger partial charge in [-0.15, -0.1) is 6.58 Å². The topological polar surface area (TPSA) is 131 Å². The standard InChI is InChI=1S/C120H180N4O8/c1-8-15-22-28-34-45-54-62-83-127-103-89-99(90-104(95-103)128-84-63-55-46-35-29-23-16-9-2)118-111-74-72-109(121-111)117(98-68-70-102(71-69-98)126-82-61-53-51-43-41-40-42-44-52-60-81-125-80-21-14-7)110-73-75-112(122-110)119(100-91-105(129-85-64-56-47-36-30-24-17-10-3)96-106(92-100)130-86-65-57-48-37-31-25-18-11-4)114-77-79-116(124-114)120(115-78-76-113(118)123-115)101-93-107(131-87-66-58-49-38-32-26-19-12-5)97-108(94-101)132-88-67-59-50-39-33-27-20-13-6/h14,68-79,89-97,121,124H,7-13,15-67,80-88H2,1-6H3. The second-order valence-corrected chi connectivity index (χ2v) is 38.1. The first-order valence-corrected chi connectivity index (χ1v) is 54.6. The lowest BCUT2D eigenvalue weighted by molar-refractivity contribution is 0.134. The number of hydrogen-bond donors (Lipinski definition) is 2. The van der Waals surface area contributed by atoms with Crippen LogP contribution >= 0.6 is 0 Å². The first-order chi connectivity index (χ1) is 65.3. The largest absolute Gasteiger partial charge is 0.494 e. The van der Waals surface area contributed by atoms with Gasteiger partial charge in [0.25, 0.3) is 0 Å². The minimum absolute atomic E-state index is 0.620. The number of aromatic nitrogens is 4. The Hall–Kier alpha value is -8.22. The summed E-state index contributed by atoms with van der Waals surface area (Å²) in [4.78, 5) is 20.2. The third kappa shape index (κ3) is 42.0. The number of benzene rings is 4. The molecule has 0 saturated heterocycles. The molecule has 0 saturated carbocycles.